The standard InChI is InChI=1S/C22H24F2N8O/c1-12-27-18-4-3-17(29-21(18)32(12)11-19(23)24)15-9-25-20-16(15)10-26-22(30-20)28-14-5-7-31(8-6-14)13(2)33/h3-4,9-10,14,19H,5-8,11H2,1-2H3,(H2,25,26,28,30). The number of fused-ring (bicyclic) bond motifs is 2. The Labute approximate surface area is 188 Å². The lowest BCUT2D eigenvalue weighted by molar-refractivity contribution is -0.129. The Hall–Kier alpha value is -3.63. The number of aromatic amines is 1. The van der Waals surface area contributed by atoms with Crippen LogP contribution in [-0.2, 0) is 11.3 Å². The number of rotatable bonds is 5. The number of alkyl halides is 2. The molecule has 172 valence electrons. The van der Waals surface area contributed by atoms with Crippen LogP contribution in [-0.4, -0.2) is 65.9 Å². The summed E-state index contributed by atoms with van der Waals surface area (Å²) in [6.07, 6.45) is 2.71. The third kappa shape index (κ3) is 4.10. The number of aromatic nitrogens is 6. The van der Waals surface area contributed by atoms with Gasteiger partial charge in [0.1, 0.15) is 17.0 Å². The Morgan fingerprint density at radius 3 is 2.76 bits per heavy atom. The highest BCUT2D eigenvalue weighted by atomic mass is 19.3. The molecule has 1 saturated heterocycles. The van der Waals surface area contributed by atoms with Gasteiger partial charge in [-0.1, -0.05) is 0 Å². The van der Waals surface area contributed by atoms with Crippen molar-refractivity contribution >= 4 is 34.1 Å². The molecule has 0 radical (unpaired) electrons. The fourth-order valence-corrected chi connectivity index (χ4v) is 4.33. The van der Waals surface area contributed by atoms with Gasteiger partial charge in [0, 0.05) is 49.4 Å². The average Bonchev–Trinajstić information content (AvgIpc) is 3.34. The van der Waals surface area contributed by atoms with E-state index in [1.165, 1.54) is 4.57 Å². The van der Waals surface area contributed by atoms with Gasteiger partial charge in [0.2, 0.25) is 11.9 Å². The van der Waals surface area contributed by atoms with Crippen LogP contribution in [0.15, 0.2) is 24.5 Å². The van der Waals surface area contributed by atoms with Crippen LogP contribution in [0.5, 0.6) is 0 Å². The van der Waals surface area contributed by atoms with Crippen molar-refractivity contribution in [1.82, 2.24) is 34.4 Å². The molecule has 1 aliphatic heterocycles. The summed E-state index contributed by atoms with van der Waals surface area (Å²) in [5.74, 6) is 1.12. The first kappa shape index (κ1) is 21.2. The Morgan fingerprint density at radius 2 is 2.03 bits per heavy atom. The molecule has 11 heteroatoms. The van der Waals surface area contributed by atoms with E-state index in [2.05, 4.69) is 30.2 Å². The zero-order valence-electron chi connectivity index (χ0n) is 18.3. The predicted molar refractivity (Wildman–Crippen MR) is 120 cm³/mol. The molecular weight excluding hydrogens is 430 g/mol. The van der Waals surface area contributed by atoms with Crippen LogP contribution in [0.4, 0.5) is 14.7 Å². The van der Waals surface area contributed by atoms with Gasteiger partial charge in [0.15, 0.2) is 5.65 Å². The van der Waals surface area contributed by atoms with Crippen LogP contribution in [0.1, 0.15) is 25.6 Å². The van der Waals surface area contributed by atoms with Crippen molar-refractivity contribution in [2.75, 3.05) is 18.4 Å². The number of nitrogens with zero attached hydrogens (tertiary/aromatic N) is 6. The molecule has 0 aromatic carbocycles. The van der Waals surface area contributed by atoms with Crippen LogP contribution >= 0.6 is 0 Å². The van der Waals surface area contributed by atoms with Crippen molar-refractivity contribution in [3.8, 4) is 11.3 Å². The van der Waals surface area contributed by atoms with Gasteiger partial charge >= 0.3 is 0 Å². The lowest BCUT2D eigenvalue weighted by atomic mass is 10.1. The van der Waals surface area contributed by atoms with Gasteiger partial charge in [-0.3, -0.25) is 4.79 Å². The first-order valence-electron chi connectivity index (χ1n) is 10.9. The molecule has 33 heavy (non-hydrogen) atoms. The zero-order valence-corrected chi connectivity index (χ0v) is 18.3. The van der Waals surface area contributed by atoms with Crippen molar-refractivity contribution in [2.45, 2.75) is 45.7 Å². The molecule has 2 N–H and O–H groups in total. The van der Waals surface area contributed by atoms with Crippen LogP contribution < -0.4 is 5.32 Å². The van der Waals surface area contributed by atoms with E-state index in [1.54, 1.807) is 32.3 Å². The SMILES string of the molecule is CC(=O)N1CCC(Nc2ncc3c(-c4ccc5nc(C)n(CC(F)F)c5n4)c[nH]c3n2)CC1. The summed E-state index contributed by atoms with van der Waals surface area (Å²) < 4.78 is 27.5. The van der Waals surface area contributed by atoms with E-state index in [-0.39, 0.29) is 11.9 Å². The molecule has 0 unspecified atom stereocenters. The van der Waals surface area contributed by atoms with E-state index in [0.717, 1.165) is 36.9 Å². The van der Waals surface area contributed by atoms with E-state index < -0.39 is 13.0 Å². The average molecular weight is 454 g/mol. The molecule has 1 fully saturated rings. The van der Waals surface area contributed by atoms with Crippen molar-refractivity contribution in [3.05, 3.63) is 30.4 Å². The predicted octanol–water partition coefficient (Wildman–Crippen LogP) is 3.37. The Morgan fingerprint density at radius 1 is 1.24 bits per heavy atom. The highest BCUT2D eigenvalue weighted by Crippen LogP contribution is 2.29. The van der Waals surface area contributed by atoms with E-state index in [4.69, 9.17) is 0 Å². The summed E-state index contributed by atoms with van der Waals surface area (Å²) in [5, 5.41) is 4.14. The summed E-state index contributed by atoms with van der Waals surface area (Å²) in [7, 11) is 0. The van der Waals surface area contributed by atoms with Crippen LogP contribution in [0.25, 0.3) is 33.5 Å². The molecule has 5 rings (SSSR count). The minimum absolute atomic E-state index is 0.101. The van der Waals surface area contributed by atoms with E-state index in [0.29, 0.717) is 34.3 Å². The number of nitrogens with one attached hydrogen (secondary N) is 2. The molecule has 4 aromatic rings. The maximum absolute atomic E-state index is 13.0. The molecular formula is C22H24F2N8O. The van der Waals surface area contributed by atoms with Gasteiger partial charge in [-0.25, -0.2) is 23.7 Å². The number of anilines is 1. The van der Waals surface area contributed by atoms with Gasteiger partial charge in [0.05, 0.1) is 12.2 Å². The lowest BCUT2D eigenvalue weighted by Gasteiger charge is -2.31. The molecule has 0 atom stereocenters. The summed E-state index contributed by atoms with van der Waals surface area (Å²) in [4.78, 5) is 34.5. The van der Waals surface area contributed by atoms with Crippen LogP contribution in [0.3, 0.4) is 0 Å². The molecule has 0 aliphatic carbocycles. The number of pyridine rings is 1. The second kappa shape index (κ2) is 8.38. The normalized spacial score (nSPS) is 15.1. The lowest BCUT2D eigenvalue weighted by Crippen LogP contribution is -2.41. The van der Waals surface area contributed by atoms with Crippen molar-refractivity contribution in [1.29, 1.82) is 0 Å². The van der Waals surface area contributed by atoms with E-state index >= 15 is 0 Å². The quantitative estimate of drug-likeness (QED) is 0.479. The fraction of sp³-hybridized carbons (Fsp3) is 0.409. The Bertz CT molecular complexity index is 1320. The molecule has 0 spiro atoms. The second-order valence-corrected chi connectivity index (χ2v) is 8.28. The summed E-state index contributed by atoms with van der Waals surface area (Å²) in [6, 6.07) is 3.81. The number of halogens is 2. The number of carbonyl (C=O) groups excluding carboxylic acids is 1. The van der Waals surface area contributed by atoms with E-state index in [9.17, 15) is 13.6 Å². The summed E-state index contributed by atoms with van der Waals surface area (Å²) >= 11 is 0. The minimum Gasteiger partial charge on any atom is -0.351 e. The molecule has 1 amide bonds. The number of likely N-dealkylation sites (tertiary alicyclic amines) is 1. The molecule has 5 heterocycles. The van der Waals surface area contributed by atoms with Gasteiger partial charge < -0.3 is 19.8 Å². The number of hydrogen-bond acceptors (Lipinski definition) is 6. The van der Waals surface area contributed by atoms with Crippen molar-refractivity contribution in [2.24, 2.45) is 0 Å². The number of piperidine rings is 1. The third-order valence-corrected chi connectivity index (χ3v) is 6.09. The molecule has 0 saturated carbocycles. The smallest absolute Gasteiger partial charge is 0.256 e. The molecule has 1 aliphatic rings. The monoisotopic (exact) mass is 454 g/mol. The first-order valence-corrected chi connectivity index (χ1v) is 10.9. The second-order valence-electron chi connectivity index (χ2n) is 8.28. The summed E-state index contributed by atoms with van der Waals surface area (Å²) in [5.41, 5.74) is 3.08. The first-order chi connectivity index (χ1) is 15.9. The van der Waals surface area contributed by atoms with Gasteiger partial charge in [-0.15, -0.1) is 0 Å². The highest BCUT2D eigenvalue weighted by Gasteiger charge is 2.22. The van der Waals surface area contributed by atoms with Gasteiger partial charge in [-0.2, -0.15) is 4.98 Å². The molecule has 9 nitrogen and oxygen atoms in total. The number of carbonyl (C=O) groups is 1. The fourth-order valence-electron chi connectivity index (χ4n) is 4.33. The Kier molecular flexibility index (Phi) is 5.39. The maximum atomic E-state index is 13.0. The molecule has 4 aromatic heterocycles. The Balaban J connectivity index is 1.40. The minimum atomic E-state index is -2.49. The van der Waals surface area contributed by atoms with E-state index in [1.807, 2.05) is 11.0 Å². The van der Waals surface area contributed by atoms with Crippen molar-refractivity contribution in [3.63, 3.8) is 0 Å². The van der Waals surface area contributed by atoms with Crippen LogP contribution in [0.2, 0.25) is 0 Å². The van der Waals surface area contributed by atoms with Gasteiger partial charge in [0.25, 0.3) is 6.43 Å². The maximum Gasteiger partial charge on any atom is 0.256 e. The third-order valence-electron chi connectivity index (χ3n) is 6.09. The number of hydrogen-bond donors (Lipinski definition) is 2. The topological polar surface area (TPSA) is 105 Å². The molecule has 0 bridgehead atoms. The highest BCUT2D eigenvalue weighted by molar-refractivity contribution is 5.93. The van der Waals surface area contributed by atoms with Crippen molar-refractivity contribution < 1.29 is 13.6 Å². The number of amides is 1. The van der Waals surface area contributed by atoms with Crippen LogP contribution in [0, 0.1) is 6.92 Å². The largest absolute Gasteiger partial charge is 0.351 e. The summed E-state index contributed by atoms with van der Waals surface area (Å²) in [6.45, 7) is 4.28. The number of aryl methyl sites for hydroxylation is 1. The number of imidazole rings is 1. The number of H-pyrrole nitrogens is 1. The van der Waals surface area contributed by atoms with Gasteiger partial charge in [-0.05, 0) is 31.9 Å². The zero-order chi connectivity index (χ0) is 23.1.